The number of aryl methyl sites for hydroxylation is 2. The molecule has 0 bridgehead atoms. The zero-order valence-corrected chi connectivity index (χ0v) is 18.3. The fourth-order valence-electron chi connectivity index (χ4n) is 3.42. The molecule has 162 valence electrons. The minimum atomic E-state index is -1.12. The summed E-state index contributed by atoms with van der Waals surface area (Å²) in [5.74, 6) is -1.31. The Morgan fingerprint density at radius 1 is 1.09 bits per heavy atom. The summed E-state index contributed by atoms with van der Waals surface area (Å²) in [6.45, 7) is 3.64. The number of aliphatic imine (C=N–C) groups is 1. The summed E-state index contributed by atoms with van der Waals surface area (Å²) in [6.07, 6.45) is -0.202. The lowest BCUT2D eigenvalue weighted by Crippen LogP contribution is -2.59. The van der Waals surface area contributed by atoms with Crippen molar-refractivity contribution in [2.24, 2.45) is 4.99 Å². The van der Waals surface area contributed by atoms with Crippen LogP contribution in [-0.2, 0) is 9.59 Å². The largest absolute Gasteiger partial charge is 0.480 e. The molecule has 2 aromatic carbocycles. The van der Waals surface area contributed by atoms with Crippen molar-refractivity contribution < 1.29 is 14.7 Å². The average molecular weight is 448 g/mol. The number of carboxylic acid groups (broad SMARTS) is 1. The minimum Gasteiger partial charge on any atom is -0.480 e. The van der Waals surface area contributed by atoms with E-state index in [1.807, 2.05) is 74.5 Å². The monoisotopic (exact) mass is 447 g/mol. The minimum absolute atomic E-state index is 0.0831. The number of aliphatic carboxylic acids is 1. The molecular formula is C23H21N5O3S. The van der Waals surface area contributed by atoms with E-state index in [2.05, 4.69) is 20.3 Å². The van der Waals surface area contributed by atoms with Crippen molar-refractivity contribution in [3.63, 3.8) is 0 Å². The number of benzene rings is 2. The fraction of sp³-hybridized carbons (Fsp3) is 0.174. The van der Waals surface area contributed by atoms with Crippen LogP contribution in [0.2, 0.25) is 0 Å². The smallest absolute Gasteiger partial charge is 0.327 e. The molecule has 1 aliphatic heterocycles. The van der Waals surface area contributed by atoms with Crippen molar-refractivity contribution >= 4 is 41.2 Å². The lowest BCUT2D eigenvalue weighted by atomic mass is 10.1. The van der Waals surface area contributed by atoms with Crippen molar-refractivity contribution in [2.75, 3.05) is 4.90 Å². The Balaban J connectivity index is 1.83. The summed E-state index contributed by atoms with van der Waals surface area (Å²) in [4.78, 5) is 40.9. The Morgan fingerprint density at radius 3 is 2.44 bits per heavy atom. The second-order valence-electron chi connectivity index (χ2n) is 7.25. The number of para-hydroxylation sites is 1. The number of carbonyl (C=O) groups is 2. The highest BCUT2D eigenvalue weighted by atomic mass is 32.2. The first-order chi connectivity index (χ1) is 15.4. The van der Waals surface area contributed by atoms with Gasteiger partial charge in [-0.3, -0.25) is 15.0 Å². The standard InChI is InChI=1S/C23H21N5O3S/c1-14-12-15(2)25-22(24-14)27-23-26-20(29)13-18(21(30)31)28(23)17-10-6-7-11-19(17)32-16-8-4-3-5-9-16/h3-12,18H,13H2,1-2H3,(H,30,31)(H,24,25,26,27,29)/t18-/m1/s1. The average Bonchev–Trinajstić information content (AvgIpc) is 2.74. The maximum atomic E-state index is 12.3. The molecule has 0 spiro atoms. The second-order valence-corrected chi connectivity index (χ2v) is 8.36. The van der Waals surface area contributed by atoms with Gasteiger partial charge in [0.1, 0.15) is 6.04 Å². The van der Waals surface area contributed by atoms with Gasteiger partial charge in [-0.25, -0.2) is 14.8 Å². The zero-order valence-electron chi connectivity index (χ0n) is 17.5. The number of amides is 1. The van der Waals surface area contributed by atoms with Crippen molar-refractivity contribution in [3.8, 4) is 0 Å². The molecule has 1 aliphatic rings. The number of guanidine groups is 1. The molecule has 3 aromatic rings. The van der Waals surface area contributed by atoms with Gasteiger partial charge in [0.25, 0.3) is 5.95 Å². The summed E-state index contributed by atoms with van der Waals surface area (Å²) >= 11 is 1.50. The molecular weight excluding hydrogens is 426 g/mol. The number of anilines is 1. The molecule has 32 heavy (non-hydrogen) atoms. The van der Waals surface area contributed by atoms with Gasteiger partial charge in [0, 0.05) is 21.2 Å². The number of aromatic nitrogens is 2. The third-order valence-electron chi connectivity index (χ3n) is 4.73. The van der Waals surface area contributed by atoms with Crippen molar-refractivity contribution in [1.82, 2.24) is 15.3 Å². The Hall–Kier alpha value is -3.72. The summed E-state index contributed by atoms with van der Waals surface area (Å²) in [5, 5.41) is 12.6. The molecule has 0 saturated carbocycles. The molecule has 1 atom stereocenters. The van der Waals surface area contributed by atoms with E-state index in [0.717, 1.165) is 21.2 Å². The molecule has 2 N–H and O–H groups in total. The number of carbonyl (C=O) groups excluding carboxylic acids is 1. The SMILES string of the molecule is Cc1cc(C)nc(N=C2NC(=O)C[C@H](C(=O)O)N2c2ccccc2Sc2ccccc2)n1. The molecule has 0 unspecified atom stereocenters. The predicted octanol–water partition coefficient (Wildman–Crippen LogP) is 3.71. The van der Waals surface area contributed by atoms with Crippen LogP contribution in [0, 0.1) is 13.8 Å². The van der Waals surface area contributed by atoms with Gasteiger partial charge < -0.3 is 5.11 Å². The highest BCUT2D eigenvalue weighted by Gasteiger charge is 2.38. The van der Waals surface area contributed by atoms with Crippen LogP contribution in [0.3, 0.4) is 0 Å². The van der Waals surface area contributed by atoms with E-state index >= 15 is 0 Å². The maximum Gasteiger partial charge on any atom is 0.327 e. The molecule has 4 rings (SSSR count). The molecule has 1 fully saturated rings. The number of rotatable bonds is 5. The van der Waals surface area contributed by atoms with Crippen LogP contribution in [0.5, 0.6) is 0 Å². The fourth-order valence-corrected chi connectivity index (χ4v) is 4.39. The molecule has 0 aliphatic carbocycles. The van der Waals surface area contributed by atoms with Crippen LogP contribution in [0.25, 0.3) is 0 Å². The zero-order chi connectivity index (χ0) is 22.7. The van der Waals surface area contributed by atoms with Crippen LogP contribution < -0.4 is 10.2 Å². The van der Waals surface area contributed by atoms with E-state index in [-0.39, 0.29) is 18.3 Å². The highest BCUT2D eigenvalue weighted by Crippen LogP contribution is 2.37. The normalized spacial score (nSPS) is 17.3. The second kappa shape index (κ2) is 9.19. The van der Waals surface area contributed by atoms with Crippen LogP contribution in [0.1, 0.15) is 17.8 Å². The van der Waals surface area contributed by atoms with Crippen LogP contribution in [0.4, 0.5) is 11.6 Å². The van der Waals surface area contributed by atoms with Gasteiger partial charge in [-0.2, -0.15) is 4.99 Å². The summed E-state index contributed by atoms with van der Waals surface area (Å²) < 4.78 is 0. The van der Waals surface area contributed by atoms with E-state index in [0.29, 0.717) is 5.69 Å². The Labute approximate surface area is 189 Å². The third kappa shape index (κ3) is 4.78. The molecule has 1 aromatic heterocycles. The van der Waals surface area contributed by atoms with Gasteiger partial charge in [-0.05, 0) is 44.2 Å². The quantitative estimate of drug-likeness (QED) is 0.614. The van der Waals surface area contributed by atoms with Crippen LogP contribution in [-0.4, -0.2) is 39.0 Å². The van der Waals surface area contributed by atoms with Crippen molar-refractivity contribution in [1.29, 1.82) is 0 Å². The molecule has 1 amide bonds. The molecule has 9 heteroatoms. The summed E-state index contributed by atoms with van der Waals surface area (Å²) in [5.41, 5.74) is 2.07. The van der Waals surface area contributed by atoms with Crippen LogP contribution >= 0.6 is 11.8 Å². The topological polar surface area (TPSA) is 108 Å². The lowest BCUT2D eigenvalue weighted by Gasteiger charge is -2.36. The summed E-state index contributed by atoms with van der Waals surface area (Å²) in [7, 11) is 0. The Morgan fingerprint density at radius 2 is 1.75 bits per heavy atom. The van der Waals surface area contributed by atoms with E-state index in [1.165, 1.54) is 16.7 Å². The number of hydrogen-bond acceptors (Lipinski definition) is 6. The van der Waals surface area contributed by atoms with Gasteiger partial charge in [0.2, 0.25) is 11.9 Å². The Kier molecular flexibility index (Phi) is 6.18. The number of carboxylic acids is 1. The van der Waals surface area contributed by atoms with Gasteiger partial charge in [-0.15, -0.1) is 0 Å². The Bertz CT molecular complexity index is 1180. The van der Waals surface area contributed by atoms with Crippen LogP contribution in [0.15, 0.2) is 75.4 Å². The van der Waals surface area contributed by atoms with Crippen molar-refractivity contribution in [2.45, 2.75) is 36.1 Å². The van der Waals surface area contributed by atoms with Gasteiger partial charge in [0.15, 0.2) is 0 Å². The van der Waals surface area contributed by atoms with Crippen molar-refractivity contribution in [3.05, 3.63) is 72.1 Å². The lowest BCUT2D eigenvalue weighted by molar-refractivity contribution is -0.140. The third-order valence-corrected chi connectivity index (χ3v) is 5.80. The number of hydrogen-bond donors (Lipinski definition) is 2. The van der Waals surface area contributed by atoms with E-state index in [1.54, 1.807) is 0 Å². The first-order valence-corrected chi connectivity index (χ1v) is 10.8. The molecule has 1 saturated heterocycles. The predicted molar refractivity (Wildman–Crippen MR) is 122 cm³/mol. The molecule has 0 radical (unpaired) electrons. The number of nitrogens with zero attached hydrogens (tertiary/aromatic N) is 4. The molecule has 8 nitrogen and oxygen atoms in total. The van der Waals surface area contributed by atoms with E-state index in [4.69, 9.17) is 0 Å². The van der Waals surface area contributed by atoms with Gasteiger partial charge in [0.05, 0.1) is 12.1 Å². The summed E-state index contributed by atoms with van der Waals surface area (Å²) in [6, 6.07) is 17.9. The first-order valence-electron chi connectivity index (χ1n) is 9.95. The highest BCUT2D eigenvalue weighted by molar-refractivity contribution is 7.99. The molecule has 2 heterocycles. The maximum absolute atomic E-state index is 12.3. The first kappa shape index (κ1) is 21.5. The van der Waals surface area contributed by atoms with E-state index in [9.17, 15) is 14.7 Å². The van der Waals surface area contributed by atoms with Gasteiger partial charge >= 0.3 is 5.97 Å². The number of nitrogens with one attached hydrogen (secondary N) is 1. The van der Waals surface area contributed by atoms with E-state index < -0.39 is 17.9 Å². The van der Waals surface area contributed by atoms with Gasteiger partial charge in [-0.1, -0.05) is 42.1 Å².